The number of rotatable bonds is 0. The second-order valence-electron chi connectivity index (χ2n) is 1.75. The predicted octanol–water partition coefficient (Wildman–Crippen LogP) is 2.10. The van der Waals surface area contributed by atoms with E-state index in [9.17, 15) is 0 Å². The molecule has 0 bridgehead atoms. The average molecular weight is 158 g/mol. The summed E-state index contributed by atoms with van der Waals surface area (Å²) in [6.07, 6.45) is 6.51. The average Bonchev–Trinajstić information content (AvgIpc) is 2.67. The van der Waals surface area contributed by atoms with Crippen molar-refractivity contribution >= 4 is 11.8 Å². The largest absolute Gasteiger partial charge is 0.462 e. The smallest absolute Gasteiger partial charge is 0.229 e. The lowest BCUT2D eigenvalue weighted by atomic mass is 10.5. The second-order valence-corrected chi connectivity index (χ2v) is 2.77. The Kier molecular flexibility index (Phi) is 3.94. The molecule has 0 radical (unpaired) electrons. The molecule has 0 aromatic rings. The van der Waals surface area contributed by atoms with Gasteiger partial charge in [0.1, 0.15) is 12.5 Å². The van der Waals surface area contributed by atoms with E-state index in [-0.39, 0.29) is 0 Å². The first-order valence-corrected chi connectivity index (χ1v) is 4.20. The zero-order valence-corrected chi connectivity index (χ0v) is 6.47. The van der Waals surface area contributed by atoms with Gasteiger partial charge in [-0.25, -0.2) is 0 Å². The molecule has 0 aromatic carbocycles. The summed E-state index contributed by atoms with van der Waals surface area (Å²) in [4.78, 5) is 0. The number of ether oxygens (including phenoxy) is 2. The van der Waals surface area contributed by atoms with Gasteiger partial charge in [-0.2, -0.15) is 0 Å². The third-order valence-corrected chi connectivity index (χ3v) is 1.84. The van der Waals surface area contributed by atoms with Gasteiger partial charge in [-0.3, -0.25) is 0 Å². The van der Waals surface area contributed by atoms with Crippen molar-refractivity contribution in [2.75, 3.05) is 12.5 Å². The summed E-state index contributed by atoms with van der Waals surface area (Å²) >= 11 is 1.89. The first-order chi connectivity index (χ1) is 5.00. The third kappa shape index (κ3) is 3.45. The Balaban J connectivity index is 0.0000001000. The molecule has 0 saturated carbocycles. The Bertz CT molecular complexity index is 104. The Morgan fingerprint density at radius 1 is 1.20 bits per heavy atom. The van der Waals surface area contributed by atoms with Gasteiger partial charge in [0.05, 0.1) is 0 Å². The van der Waals surface area contributed by atoms with Crippen molar-refractivity contribution in [3.63, 3.8) is 0 Å². The van der Waals surface area contributed by atoms with Gasteiger partial charge < -0.3 is 9.47 Å². The molecule has 2 nitrogen and oxygen atoms in total. The van der Waals surface area contributed by atoms with Gasteiger partial charge in [0.25, 0.3) is 0 Å². The molecule has 0 saturated heterocycles. The van der Waals surface area contributed by atoms with E-state index in [4.69, 9.17) is 0 Å². The van der Waals surface area contributed by atoms with E-state index >= 15 is 0 Å². The van der Waals surface area contributed by atoms with Crippen molar-refractivity contribution in [2.24, 2.45) is 0 Å². The number of thioether (sulfide) groups is 1. The van der Waals surface area contributed by atoms with E-state index in [1.54, 1.807) is 0 Å². The summed E-state index contributed by atoms with van der Waals surface area (Å²) in [7, 11) is 0. The fraction of sp³-hybridized carbons (Fsp3) is 0.429. The second kappa shape index (κ2) is 5.23. The topological polar surface area (TPSA) is 18.5 Å². The lowest BCUT2D eigenvalue weighted by molar-refractivity contribution is 0.0920. The van der Waals surface area contributed by atoms with Crippen LogP contribution in [0.2, 0.25) is 0 Å². The molecule has 10 heavy (non-hydrogen) atoms. The summed E-state index contributed by atoms with van der Waals surface area (Å²) in [5, 5.41) is 2.15. The van der Waals surface area contributed by atoms with E-state index in [0.29, 0.717) is 6.79 Å². The van der Waals surface area contributed by atoms with Crippen LogP contribution in [-0.2, 0) is 9.47 Å². The van der Waals surface area contributed by atoms with Crippen LogP contribution >= 0.6 is 11.8 Å². The van der Waals surface area contributed by atoms with Gasteiger partial charge >= 0.3 is 0 Å². The number of hydrogen-bond donors (Lipinski definition) is 0. The van der Waals surface area contributed by atoms with Crippen LogP contribution in [0.3, 0.4) is 0 Å². The zero-order valence-electron chi connectivity index (χ0n) is 5.66. The van der Waals surface area contributed by atoms with Crippen molar-refractivity contribution < 1.29 is 9.47 Å². The van der Waals surface area contributed by atoms with E-state index in [2.05, 4.69) is 21.0 Å². The normalized spacial score (nSPS) is 19.2. The van der Waals surface area contributed by atoms with Crippen LogP contribution in [0.4, 0.5) is 0 Å². The number of allylic oxidation sites excluding steroid dienone is 1. The molecule has 0 unspecified atom stereocenters. The van der Waals surface area contributed by atoms with Gasteiger partial charge in [0, 0.05) is 5.75 Å². The summed E-state index contributed by atoms with van der Waals surface area (Å²) in [5.74, 6) is 1.31. The predicted molar refractivity (Wildman–Crippen MR) is 42.4 cm³/mol. The minimum Gasteiger partial charge on any atom is -0.462 e. The number of hydrogen-bond acceptors (Lipinski definition) is 3. The Hall–Kier alpha value is -0.570. The Labute approximate surface area is 64.9 Å². The molecule has 56 valence electrons. The summed E-state index contributed by atoms with van der Waals surface area (Å²) in [6.45, 7) is 0.389. The maximum Gasteiger partial charge on any atom is 0.229 e. The van der Waals surface area contributed by atoms with Crippen molar-refractivity contribution in [3.8, 4) is 0 Å². The van der Waals surface area contributed by atoms with Crippen LogP contribution in [-0.4, -0.2) is 12.5 Å². The maximum atomic E-state index is 4.54. The highest BCUT2D eigenvalue weighted by atomic mass is 32.2. The zero-order chi connectivity index (χ0) is 7.07. The Morgan fingerprint density at radius 3 is 2.20 bits per heavy atom. The molecule has 0 aromatic heterocycles. The molecule has 2 aliphatic heterocycles. The fourth-order valence-electron chi connectivity index (χ4n) is 0.537. The van der Waals surface area contributed by atoms with Crippen LogP contribution in [0.25, 0.3) is 0 Å². The molecule has 0 fully saturated rings. The molecule has 2 aliphatic rings. The summed E-state index contributed by atoms with van der Waals surface area (Å²) in [5.41, 5.74) is 0. The van der Waals surface area contributed by atoms with Crippen LogP contribution in [0.5, 0.6) is 0 Å². The highest BCUT2D eigenvalue weighted by Crippen LogP contribution is 2.11. The summed E-state index contributed by atoms with van der Waals surface area (Å²) < 4.78 is 9.08. The maximum absolute atomic E-state index is 4.54. The van der Waals surface area contributed by atoms with E-state index < -0.39 is 0 Å². The van der Waals surface area contributed by atoms with E-state index in [0.717, 1.165) is 0 Å². The lowest BCUT2D eigenvalue weighted by Gasteiger charge is -1.82. The van der Waals surface area contributed by atoms with Crippen molar-refractivity contribution in [3.05, 3.63) is 24.0 Å². The molecular formula is C7H10O2S. The van der Waals surface area contributed by atoms with Crippen molar-refractivity contribution in [1.29, 1.82) is 0 Å². The molecule has 2 heterocycles. The molecular weight excluding hydrogens is 148 g/mol. The van der Waals surface area contributed by atoms with E-state index in [1.807, 2.05) is 11.8 Å². The fourth-order valence-corrected chi connectivity index (χ4v) is 1.22. The standard InChI is InChI=1S/C4H6S.C3H4O2/c1-2-4-5-3-1;1-2-5-3-4-1/h1,3H,2,4H2;1-2H,3H2. The Morgan fingerprint density at radius 2 is 2.00 bits per heavy atom. The third-order valence-electron chi connectivity index (χ3n) is 0.979. The molecule has 0 spiro atoms. The molecule has 0 atom stereocenters. The highest BCUT2D eigenvalue weighted by molar-refractivity contribution is 8.02. The van der Waals surface area contributed by atoms with Gasteiger partial charge in [0.15, 0.2) is 0 Å². The van der Waals surface area contributed by atoms with Crippen LogP contribution in [0.1, 0.15) is 6.42 Å². The minimum absolute atomic E-state index is 0.389. The highest BCUT2D eigenvalue weighted by Gasteiger charge is 1.85. The summed E-state index contributed by atoms with van der Waals surface area (Å²) in [6, 6.07) is 0. The van der Waals surface area contributed by atoms with Crippen LogP contribution in [0.15, 0.2) is 24.0 Å². The minimum atomic E-state index is 0.389. The molecule has 3 heteroatoms. The van der Waals surface area contributed by atoms with Crippen LogP contribution in [0, 0.1) is 0 Å². The quantitative estimate of drug-likeness (QED) is 0.538. The monoisotopic (exact) mass is 158 g/mol. The molecule has 0 aliphatic carbocycles. The first-order valence-electron chi connectivity index (χ1n) is 3.15. The lowest BCUT2D eigenvalue weighted by Crippen LogP contribution is -1.75. The van der Waals surface area contributed by atoms with Gasteiger partial charge in [-0.15, -0.1) is 11.8 Å². The van der Waals surface area contributed by atoms with Crippen molar-refractivity contribution in [2.45, 2.75) is 6.42 Å². The van der Waals surface area contributed by atoms with Gasteiger partial charge in [-0.1, -0.05) is 6.08 Å². The SMILES string of the molecule is C1=COCO1.C1=CSCC1. The molecule has 2 rings (SSSR count). The van der Waals surface area contributed by atoms with Gasteiger partial charge in [0.2, 0.25) is 6.79 Å². The van der Waals surface area contributed by atoms with Crippen LogP contribution < -0.4 is 0 Å². The molecule has 0 amide bonds. The molecule has 0 N–H and O–H groups in total. The first kappa shape index (κ1) is 7.54. The van der Waals surface area contributed by atoms with Gasteiger partial charge in [-0.05, 0) is 11.8 Å². The van der Waals surface area contributed by atoms with E-state index in [1.165, 1.54) is 24.7 Å². The van der Waals surface area contributed by atoms with Crippen molar-refractivity contribution in [1.82, 2.24) is 0 Å².